The fourth-order valence-corrected chi connectivity index (χ4v) is 4.97. The molecule has 22 heavy (non-hydrogen) atoms. The van der Waals surface area contributed by atoms with E-state index >= 15 is 0 Å². The first-order valence-electron chi connectivity index (χ1n) is 7.43. The molecule has 1 aromatic carbocycles. The zero-order valence-corrected chi connectivity index (χ0v) is 13.0. The maximum absolute atomic E-state index is 12.7. The quantitative estimate of drug-likeness (QED) is 0.910. The number of ether oxygens (including phenoxy) is 1. The molecule has 2 aliphatic rings. The molecule has 0 amide bonds. The lowest BCUT2D eigenvalue weighted by Gasteiger charge is -2.31. The van der Waals surface area contributed by atoms with Crippen LogP contribution in [0.1, 0.15) is 30.9 Å². The summed E-state index contributed by atoms with van der Waals surface area (Å²) in [5, 5.41) is 9.59. The second-order valence-electron chi connectivity index (χ2n) is 5.81. The van der Waals surface area contributed by atoms with Gasteiger partial charge in [-0.3, -0.25) is 4.79 Å². The largest absolute Gasteiger partial charge is 0.492 e. The van der Waals surface area contributed by atoms with Crippen LogP contribution >= 0.6 is 0 Å². The van der Waals surface area contributed by atoms with Crippen LogP contribution in [-0.2, 0) is 14.8 Å². The molecule has 120 valence electrons. The van der Waals surface area contributed by atoms with Gasteiger partial charge in [-0.25, -0.2) is 8.42 Å². The van der Waals surface area contributed by atoms with E-state index in [1.807, 2.05) is 0 Å². The maximum Gasteiger partial charge on any atom is 0.326 e. The second kappa shape index (κ2) is 5.89. The number of fused-ring (bicyclic) bond motifs is 1. The summed E-state index contributed by atoms with van der Waals surface area (Å²) in [5.74, 6) is -0.552. The molecular weight excluding hydrogens is 306 g/mol. The van der Waals surface area contributed by atoms with Gasteiger partial charge in [0.05, 0.1) is 5.75 Å². The Balaban J connectivity index is 1.97. The molecule has 1 unspecified atom stereocenters. The number of nitrogens with zero attached hydrogens (tertiary/aromatic N) is 1. The van der Waals surface area contributed by atoms with Crippen LogP contribution in [0.25, 0.3) is 0 Å². The number of rotatable bonds is 4. The SMILES string of the molecule is O=C(O)C1c2ccccc2OCCN1S(=O)(=O)CC1CCC1. The molecule has 6 nitrogen and oxygen atoms in total. The van der Waals surface area contributed by atoms with Gasteiger partial charge in [-0.1, -0.05) is 24.6 Å². The first kappa shape index (κ1) is 15.3. The normalized spacial score (nSPS) is 23.0. The van der Waals surface area contributed by atoms with Crippen LogP contribution in [0.3, 0.4) is 0 Å². The van der Waals surface area contributed by atoms with E-state index in [4.69, 9.17) is 4.74 Å². The second-order valence-corrected chi connectivity index (χ2v) is 7.78. The molecule has 1 fully saturated rings. The Kier molecular flexibility index (Phi) is 4.10. The standard InChI is InChI=1S/C15H19NO5S/c17-15(18)14-12-6-1-2-7-13(12)21-9-8-16(14)22(19,20)10-11-4-3-5-11/h1-2,6-7,11,14H,3-5,8-10H2,(H,17,18). The lowest BCUT2D eigenvalue weighted by molar-refractivity contribution is -0.141. The summed E-state index contributed by atoms with van der Waals surface area (Å²) in [5.41, 5.74) is 0.393. The van der Waals surface area contributed by atoms with E-state index in [-0.39, 0.29) is 24.8 Å². The van der Waals surface area contributed by atoms with Crippen molar-refractivity contribution in [2.45, 2.75) is 25.3 Å². The van der Waals surface area contributed by atoms with Crippen molar-refractivity contribution in [1.29, 1.82) is 0 Å². The molecule has 0 aromatic heterocycles. The van der Waals surface area contributed by atoms with Crippen molar-refractivity contribution in [3.63, 3.8) is 0 Å². The van der Waals surface area contributed by atoms with Crippen molar-refractivity contribution in [1.82, 2.24) is 4.31 Å². The summed E-state index contributed by atoms with van der Waals surface area (Å²) < 4.78 is 32.0. The summed E-state index contributed by atoms with van der Waals surface area (Å²) in [7, 11) is -3.63. The van der Waals surface area contributed by atoms with Gasteiger partial charge >= 0.3 is 5.97 Å². The van der Waals surface area contributed by atoms with Gasteiger partial charge in [0.15, 0.2) is 6.04 Å². The summed E-state index contributed by atoms with van der Waals surface area (Å²) in [6, 6.07) is 5.51. The summed E-state index contributed by atoms with van der Waals surface area (Å²) >= 11 is 0. The van der Waals surface area contributed by atoms with E-state index in [1.54, 1.807) is 24.3 Å². The van der Waals surface area contributed by atoms with Crippen LogP contribution in [0, 0.1) is 5.92 Å². The number of hydrogen-bond acceptors (Lipinski definition) is 4. The van der Waals surface area contributed by atoms with E-state index < -0.39 is 22.0 Å². The van der Waals surface area contributed by atoms with Gasteiger partial charge in [-0.05, 0) is 24.8 Å². The third-order valence-corrected chi connectivity index (χ3v) is 6.33. The molecule has 0 saturated heterocycles. The molecular formula is C15H19NO5S. The number of para-hydroxylation sites is 1. The summed E-state index contributed by atoms with van der Waals surface area (Å²) in [4.78, 5) is 11.7. The number of carbonyl (C=O) groups is 1. The van der Waals surface area contributed by atoms with Crippen molar-refractivity contribution in [3.8, 4) is 5.75 Å². The molecule has 1 aliphatic carbocycles. The van der Waals surface area contributed by atoms with Gasteiger partial charge in [0.2, 0.25) is 10.0 Å². The molecule has 1 heterocycles. The molecule has 0 radical (unpaired) electrons. The zero-order chi connectivity index (χ0) is 15.7. The molecule has 7 heteroatoms. The fraction of sp³-hybridized carbons (Fsp3) is 0.533. The van der Waals surface area contributed by atoms with E-state index in [0.29, 0.717) is 11.3 Å². The Morgan fingerprint density at radius 1 is 1.32 bits per heavy atom. The minimum Gasteiger partial charge on any atom is -0.492 e. The van der Waals surface area contributed by atoms with Crippen LogP contribution in [0.5, 0.6) is 5.75 Å². The third-order valence-electron chi connectivity index (χ3n) is 4.33. The van der Waals surface area contributed by atoms with E-state index in [1.165, 1.54) is 0 Å². The number of sulfonamides is 1. The predicted molar refractivity (Wildman–Crippen MR) is 80.1 cm³/mol. The minimum absolute atomic E-state index is 0.0267. The first-order chi connectivity index (χ1) is 10.5. The number of benzene rings is 1. The minimum atomic E-state index is -3.63. The summed E-state index contributed by atoms with van der Waals surface area (Å²) in [6.45, 7) is 0.214. The Labute approximate surface area is 129 Å². The van der Waals surface area contributed by atoms with Crippen molar-refractivity contribution in [3.05, 3.63) is 29.8 Å². The highest BCUT2D eigenvalue weighted by Gasteiger charge is 2.40. The molecule has 3 rings (SSSR count). The topological polar surface area (TPSA) is 83.9 Å². The lowest BCUT2D eigenvalue weighted by atomic mass is 9.87. The molecule has 1 N–H and O–H groups in total. The number of aliphatic carboxylic acids is 1. The number of hydrogen-bond donors (Lipinski definition) is 1. The monoisotopic (exact) mass is 325 g/mol. The van der Waals surface area contributed by atoms with Crippen molar-refractivity contribution < 1.29 is 23.1 Å². The van der Waals surface area contributed by atoms with Gasteiger partial charge < -0.3 is 9.84 Å². The Hall–Kier alpha value is -1.60. The fourth-order valence-electron chi connectivity index (χ4n) is 2.98. The summed E-state index contributed by atoms with van der Waals surface area (Å²) in [6.07, 6.45) is 2.85. The van der Waals surface area contributed by atoms with E-state index in [0.717, 1.165) is 23.6 Å². The van der Waals surface area contributed by atoms with Crippen LogP contribution in [0.15, 0.2) is 24.3 Å². The average Bonchev–Trinajstić information content (AvgIpc) is 2.63. The number of carboxylic acids is 1. The molecule has 1 aliphatic heterocycles. The Bertz CT molecular complexity index is 668. The molecule has 0 bridgehead atoms. The van der Waals surface area contributed by atoms with Crippen LogP contribution in [0.4, 0.5) is 0 Å². The molecule has 0 spiro atoms. The Morgan fingerprint density at radius 2 is 2.05 bits per heavy atom. The van der Waals surface area contributed by atoms with Crippen LogP contribution < -0.4 is 4.74 Å². The predicted octanol–water partition coefficient (Wildman–Crippen LogP) is 1.64. The van der Waals surface area contributed by atoms with Crippen molar-refractivity contribution in [2.24, 2.45) is 5.92 Å². The van der Waals surface area contributed by atoms with Crippen LogP contribution in [-0.4, -0.2) is 42.7 Å². The van der Waals surface area contributed by atoms with Gasteiger partial charge in [0.1, 0.15) is 12.4 Å². The highest BCUT2D eigenvalue weighted by Crippen LogP contribution is 2.36. The van der Waals surface area contributed by atoms with Crippen LogP contribution in [0.2, 0.25) is 0 Å². The molecule has 1 aromatic rings. The molecule has 1 saturated carbocycles. The Morgan fingerprint density at radius 3 is 2.68 bits per heavy atom. The lowest BCUT2D eigenvalue weighted by Crippen LogP contribution is -2.43. The highest BCUT2D eigenvalue weighted by molar-refractivity contribution is 7.89. The third kappa shape index (κ3) is 2.83. The molecule has 1 atom stereocenters. The van der Waals surface area contributed by atoms with Crippen molar-refractivity contribution in [2.75, 3.05) is 18.9 Å². The van der Waals surface area contributed by atoms with E-state index in [9.17, 15) is 18.3 Å². The number of carboxylic acid groups (broad SMARTS) is 1. The maximum atomic E-state index is 12.7. The van der Waals surface area contributed by atoms with Gasteiger partial charge in [-0.15, -0.1) is 0 Å². The van der Waals surface area contributed by atoms with Crippen molar-refractivity contribution >= 4 is 16.0 Å². The van der Waals surface area contributed by atoms with Gasteiger partial charge in [-0.2, -0.15) is 4.31 Å². The van der Waals surface area contributed by atoms with Gasteiger partial charge in [0.25, 0.3) is 0 Å². The first-order valence-corrected chi connectivity index (χ1v) is 9.04. The smallest absolute Gasteiger partial charge is 0.326 e. The highest BCUT2D eigenvalue weighted by atomic mass is 32.2. The van der Waals surface area contributed by atoms with E-state index in [2.05, 4.69) is 0 Å². The average molecular weight is 325 g/mol. The zero-order valence-electron chi connectivity index (χ0n) is 12.1. The van der Waals surface area contributed by atoms with Gasteiger partial charge in [0, 0.05) is 12.1 Å².